The highest BCUT2D eigenvalue weighted by atomic mass is 32.2. The molecule has 3 N–H and O–H groups in total. The lowest BCUT2D eigenvalue weighted by Crippen LogP contribution is -2.15. The van der Waals surface area contributed by atoms with E-state index in [2.05, 4.69) is 10.0 Å². The monoisotopic (exact) mass is 278 g/mol. The van der Waals surface area contributed by atoms with Gasteiger partial charge in [-0.2, -0.15) is 0 Å². The number of benzene rings is 2. The summed E-state index contributed by atoms with van der Waals surface area (Å²) in [5.74, 6) is -0.132. The Labute approximate surface area is 113 Å². The molecule has 2 rings (SSSR count). The molecule has 0 fully saturated rings. The number of anilines is 1. The fourth-order valence-corrected chi connectivity index (χ4v) is 2.25. The van der Waals surface area contributed by atoms with E-state index in [0.29, 0.717) is 0 Å². The zero-order chi connectivity index (χ0) is 13.8. The predicted molar refractivity (Wildman–Crippen MR) is 75.9 cm³/mol. The number of amides is 1. The Balaban J connectivity index is 2.44. The summed E-state index contributed by atoms with van der Waals surface area (Å²) < 4.78 is 21.9. The van der Waals surface area contributed by atoms with E-state index in [1.54, 1.807) is 0 Å². The van der Waals surface area contributed by atoms with Gasteiger partial charge in [-0.15, -0.1) is 0 Å². The lowest BCUT2D eigenvalue weighted by atomic mass is 10.0. The summed E-state index contributed by atoms with van der Waals surface area (Å²) in [6.45, 7) is 1.74. The minimum Gasteiger partial charge on any atom is -0.326 e. The zero-order valence-corrected chi connectivity index (χ0v) is 11.2. The van der Waals surface area contributed by atoms with Crippen molar-refractivity contribution in [1.82, 2.24) is 4.72 Å². The molecule has 1 atom stereocenters. The molecule has 0 aliphatic rings. The smallest absolute Gasteiger partial charge is 0.232 e. The Morgan fingerprint density at radius 2 is 1.89 bits per heavy atom. The fraction of sp³-hybridized carbons (Fsp3) is 0.154. The second kappa shape index (κ2) is 5.92. The van der Waals surface area contributed by atoms with Gasteiger partial charge in [0.25, 0.3) is 0 Å². The van der Waals surface area contributed by atoms with E-state index in [4.69, 9.17) is 4.55 Å². The molecular formula is C13H14N2O3S. The number of rotatable bonds is 4. The Morgan fingerprint density at radius 3 is 2.58 bits per heavy atom. The van der Waals surface area contributed by atoms with Gasteiger partial charge in [0.1, 0.15) is 0 Å². The number of hydrogen-bond donors (Lipinski definition) is 3. The van der Waals surface area contributed by atoms with Crippen molar-refractivity contribution in [3.8, 4) is 0 Å². The second-order valence-corrected chi connectivity index (χ2v) is 4.86. The van der Waals surface area contributed by atoms with Crippen LogP contribution in [0.4, 0.5) is 5.69 Å². The zero-order valence-electron chi connectivity index (χ0n) is 10.3. The molecule has 0 aromatic heterocycles. The summed E-state index contributed by atoms with van der Waals surface area (Å²) in [4.78, 5) is 11.2. The van der Waals surface area contributed by atoms with Gasteiger partial charge in [0.2, 0.25) is 17.2 Å². The topological polar surface area (TPSA) is 78.4 Å². The second-order valence-electron chi connectivity index (χ2n) is 4.07. The number of carbonyl (C=O) groups is 1. The van der Waals surface area contributed by atoms with E-state index in [1.165, 1.54) is 6.92 Å². The van der Waals surface area contributed by atoms with E-state index >= 15 is 0 Å². The van der Waals surface area contributed by atoms with Crippen molar-refractivity contribution >= 4 is 33.6 Å². The molecule has 0 bridgehead atoms. The van der Waals surface area contributed by atoms with Crippen molar-refractivity contribution in [3.63, 3.8) is 0 Å². The molecule has 0 saturated heterocycles. The summed E-state index contributed by atoms with van der Waals surface area (Å²) in [7, 11) is 0. The lowest BCUT2D eigenvalue weighted by molar-refractivity contribution is -0.114. The molecule has 0 spiro atoms. The molecule has 0 heterocycles. The van der Waals surface area contributed by atoms with Crippen LogP contribution in [0.25, 0.3) is 10.8 Å². The van der Waals surface area contributed by atoms with Crippen LogP contribution in [0.1, 0.15) is 12.5 Å². The third-order valence-corrected chi connectivity index (χ3v) is 3.10. The Kier molecular flexibility index (Phi) is 4.26. The van der Waals surface area contributed by atoms with E-state index in [0.717, 1.165) is 22.0 Å². The van der Waals surface area contributed by atoms with Crippen molar-refractivity contribution in [2.45, 2.75) is 13.5 Å². The molecule has 2 aromatic carbocycles. The summed E-state index contributed by atoms with van der Waals surface area (Å²) in [5.41, 5.74) is 1.63. The molecule has 0 aliphatic carbocycles. The van der Waals surface area contributed by atoms with Gasteiger partial charge in [0.15, 0.2) is 0 Å². The first-order valence-corrected chi connectivity index (χ1v) is 6.81. The van der Waals surface area contributed by atoms with Crippen LogP contribution < -0.4 is 10.0 Å². The van der Waals surface area contributed by atoms with E-state index < -0.39 is 11.3 Å². The van der Waals surface area contributed by atoms with Crippen LogP contribution in [0.3, 0.4) is 0 Å². The molecule has 19 heavy (non-hydrogen) atoms. The summed E-state index contributed by atoms with van der Waals surface area (Å²) in [5, 5.41) is 4.61. The van der Waals surface area contributed by atoms with E-state index in [1.807, 2.05) is 36.4 Å². The maximum Gasteiger partial charge on any atom is 0.232 e. The van der Waals surface area contributed by atoms with Crippen LogP contribution in [-0.4, -0.2) is 14.7 Å². The first kappa shape index (κ1) is 13.7. The summed E-state index contributed by atoms with van der Waals surface area (Å²) in [6.07, 6.45) is 0. The van der Waals surface area contributed by atoms with Crippen LogP contribution in [0.2, 0.25) is 0 Å². The van der Waals surface area contributed by atoms with Crippen molar-refractivity contribution in [3.05, 3.63) is 42.0 Å². The van der Waals surface area contributed by atoms with Gasteiger partial charge < -0.3 is 5.32 Å². The van der Waals surface area contributed by atoms with Crippen molar-refractivity contribution < 1.29 is 13.6 Å². The minimum absolute atomic E-state index is 0.132. The highest BCUT2D eigenvalue weighted by Crippen LogP contribution is 2.26. The highest BCUT2D eigenvalue weighted by Gasteiger charge is 2.06. The largest absolute Gasteiger partial charge is 0.326 e. The quantitative estimate of drug-likeness (QED) is 0.749. The minimum atomic E-state index is -2.04. The third kappa shape index (κ3) is 3.37. The molecule has 0 aliphatic heterocycles. The maximum atomic E-state index is 11.2. The molecule has 100 valence electrons. The van der Waals surface area contributed by atoms with Gasteiger partial charge in [-0.05, 0) is 17.0 Å². The average molecular weight is 278 g/mol. The van der Waals surface area contributed by atoms with E-state index in [-0.39, 0.29) is 12.5 Å². The number of hydrogen-bond acceptors (Lipinski definition) is 2. The Morgan fingerprint density at radius 1 is 1.21 bits per heavy atom. The summed E-state index contributed by atoms with van der Waals surface area (Å²) in [6, 6.07) is 11.2. The first-order valence-electron chi connectivity index (χ1n) is 5.70. The molecule has 5 nitrogen and oxygen atoms in total. The van der Waals surface area contributed by atoms with Crippen LogP contribution in [0.15, 0.2) is 36.4 Å². The van der Waals surface area contributed by atoms with Crippen molar-refractivity contribution in [2.24, 2.45) is 0 Å². The van der Waals surface area contributed by atoms with Gasteiger partial charge in [0, 0.05) is 24.5 Å². The predicted octanol–water partition coefficient (Wildman–Crippen LogP) is 2.02. The van der Waals surface area contributed by atoms with Gasteiger partial charge in [-0.1, -0.05) is 30.3 Å². The molecule has 0 radical (unpaired) electrons. The average Bonchev–Trinajstić information content (AvgIpc) is 2.36. The fourth-order valence-electron chi connectivity index (χ4n) is 1.97. The van der Waals surface area contributed by atoms with Gasteiger partial charge in [0.05, 0.1) is 0 Å². The lowest BCUT2D eigenvalue weighted by Gasteiger charge is -2.10. The SMILES string of the molecule is CC(=O)Nc1cccc2c(CNS(=O)O)cccc12. The highest BCUT2D eigenvalue weighted by molar-refractivity contribution is 7.77. The van der Waals surface area contributed by atoms with Crippen molar-refractivity contribution in [1.29, 1.82) is 0 Å². The van der Waals surface area contributed by atoms with Gasteiger partial charge in [-0.3, -0.25) is 9.35 Å². The molecule has 1 amide bonds. The van der Waals surface area contributed by atoms with Crippen LogP contribution in [-0.2, 0) is 22.6 Å². The number of carbonyl (C=O) groups excluding carboxylic acids is 1. The number of nitrogens with one attached hydrogen (secondary N) is 2. The summed E-state index contributed by atoms with van der Waals surface area (Å²) >= 11 is -2.04. The Bertz CT molecular complexity index is 643. The third-order valence-electron chi connectivity index (χ3n) is 2.71. The van der Waals surface area contributed by atoms with Crippen LogP contribution in [0.5, 0.6) is 0 Å². The van der Waals surface area contributed by atoms with Crippen molar-refractivity contribution in [2.75, 3.05) is 5.32 Å². The number of fused-ring (bicyclic) bond motifs is 1. The molecule has 1 unspecified atom stereocenters. The van der Waals surface area contributed by atoms with Gasteiger partial charge >= 0.3 is 0 Å². The van der Waals surface area contributed by atoms with Crippen LogP contribution in [0, 0.1) is 0 Å². The maximum absolute atomic E-state index is 11.2. The van der Waals surface area contributed by atoms with E-state index in [9.17, 15) is 9.00 Å². The Hall–Kier alpha value is -1.76. The molecule has 0 saturated carbocycles. The standard InChI is InChI=1S/C13H14N2O3S/c1-9(16)15-13-7-3-5-11-10(8-14-19(17)18)4-2-6-12(11)13/h2-7,14H,8H2,1H3,(H,15,16)(H,17,18). The molecular weight excluding hydrogens is 264 g/mol. The first-order chi connectivity index (χ1) is 9.08. The molecule has 2 aromatic rings. The molecule has 6 heteroatoms. The van der Waals surface area contributed by atoms with Gasteiger partial charge in [-0.25, -0.2) is 8.93 Å². The van der Waals surface area contributed by atoms with Crippen LogP contribution >= 0.6 is 0 Å². The normalized spacial score (nSPS) is 12.3.